The molecule has 1 fully saturated rings. The van der Waals surface area contributed by atoms with Gasteiger partial charge in [0.25, 0.3) is 5.91 Å². The Balaban J connectivity index is 1.56. The number of hydrogen-bond donors (Lipinski definition) is 1. The fourth-order valence-corrected chi connectivity index (χ4v) is 4.32. The molecular formula is C22H24N2O4S. The fraction of sp³-hybridized carbons (Fsp3) is 0.318. The summed E-state index contributed by atoms with van der Waals surface area (Å²) in [6, 6.07) is 15.6. The van der Waals surface area contributed by atoms with Gasteiger partial charge < -0.3 is 9.64 Å². The topological polar surface area (TPSA) is 75.7 Å². The van der Waals surface area contributed by atoms with E-state index in [-0.39, 0.29) is 23.3 Å². The summed E-state index contributed by atoms with van der Waals surface area (Å²) < 4.78 is 32.7. The Labute approximate surface area is 171 Å². The maximum Gasteiger partial charge on any atom is 0.298 e. The van der Waals surface area contributed by atoms with Crippen molar-refractivity contribution < 1.29 is 17.9 Å². The zero-order valence-corrected chi connectivity index (χ0v) is 17.1. The van der Waals surface area contributed by atoms with E-state index in [0.717, 1.165) is 18.4 Å². The number of ether oxygens (including phenoxy) is 1. The largest absolute Gasteiger partial charge is 0.497 e. The minimum atomic E-state index is -3.61. The van der Waals surface area contributed by atoms with E-state index in [1.807, 2.05) is 30.3 Å². The Morgan fingerprint density at radius 1 is 1.17 bits per heavy atom. The molecule has 2 aromatic rings. The van der Waals surface area contributed by atoms with Crippen LogP contribution in [-0.2, 0) is 14.8 Å². The molecule has 7 heteroatoms. The second kappa shape index (κ2) is 9.59. The monoisotopic (exact) mass is 412 g/mol. The van der Waals surface area contributed by atoms with Gasteiger partial charge in [0.2, 0.25) is 10.0 Å². The number of amides is 1. The maximum atomic E-state index is 12.5. The molecule has 0 bridgehead atoms. The maximum absolute atomic E-state index is 12.5. The lowest BCUT2D eigenvalue weighted by Crippen LogP contribution is -2.43. The highest BCUT2D eigenvalue weighted by molar-refractivity contribution is 7.89. The third-order valence-electron chi connectivity index (χ3n) is 4.83. The lowest BCUT2D eigenvalue weighted by Gasteiger charge is -2.31. The molecule has 152 valence electrons. The molecule has 1 aliphatic rings. The van der Waals surface area contributed by atoms with Crippen LogP contribution in [-0.4, -0.2) is 46.0 Å². The minimum Gasteiger partial charge on any atom is -0.497 e. The SMILES string of the molecule is COc1ccc(S(=O)(=O)NC[C@@H]2CCCN(C(=O)C#Cc3ccccc3)C2)cc1. The molecular weight excluding hydrogens is 388 g/mol. The Bertz CT molecular complexity index is 993. The van der Waals surface area contributed by atoms with E-state index in [2.05, 4.69) is 16.6 Å². The molecule has 29 heavy (non-hydrogen) atoms. The van der Waals surface area contributed by atoms with Gasteiger partial charge in [-0.2, -0.15) is 0 Å². The van der Waals surface area contributed by atoms with Gasteiger partial charge in [0.15, 0.2) is 0 Å². The van der Waals surface area contributed by atoms with Gasteiger partial charge in [0.05, 0.1) is 12.0 Å². The number of likely N-dealkylation sites (tertiary alicyclic amines) is 1. The van der Waals surface area contributed by atoms with Crippen molar-refractivity contribution >= 4 is 15.9 Å². The summed E-state index contributed by atoms with van der Waals surface area (Å²) in [7, 11) is -2.08. The number of benzene rings is 2. The van der Waals surface area contributed by atoms with Crippen molar-refractivity contribution in [3.05, 3.63) is 60.2 Å². The second-order valence-corrected chi connectivity index (χ2v) is 8.67. The van der Waals surface area contributed by atoms with Crippen molar-refractivity contribution in [1.82, 2.24) is 9.62 Å². The van der Waals surface area contributed by atoms with Gasteiger partial charge in [0, 0.05) is 31.1 Å². The minimum absolute atomic E-state index is 0.0549. The lowest BCUT2D eigenvalue weighted by molar-refractivity contribution is -0.126. The lowest BCUT2D eigenvalue weighted by atomic mass is 9.98. The van der Waals surface area contributed by atoms with E-state index in [9.17, 15) is 13.2 Å². The molecule has 1 heterocycles. The van der Waals surface area contributed by atoms with Gasteiger partial charge in [-0.05, 0) is 55.2 Å². The molecule has 0 aliphatic carbocycles. The molecule has 1 atom stereocenters. The van der Waals surface area contributed by atoms with Gasteiger partial charge in [-0.25, -0.2) is 13.1 Å². The molecule has 3 rings (SSSR count). The predicted molar refractivity (Wildman–Crippen MR) is 111 cm³/mol. The summed E-state index contributed by atoms with van der Waals surface area (Å²) in [6.45, 7) is 1.42. The van der Waals surface area contributed by atoms with Crippen LogP contribution in [0.4, 0.5) is 0 Å². The van der Waals surface area contributed by atoms with Crippen LogP contribution in [0.15, 0.2) is 59.5 Å². The van der Waals surface area contributed by atoms with Crippen molar-refractivity contribution in [2.75, 3.05) is 26.7 Å². The molecule has 1 saturated heterocycles. The first kappa shape index (κ1) is 20.9. The summed E-state index contributed by atoms with van der Waals surface area (Å²) in [5, 5.41) is 0. The quantitative estimate of drug-likeness (QED) is 0.765. The molecule has 1 N–H and O–H groups in total. The molecule has 0 aromatic heterocycles. The van der Waals surface area contributed by atoms with Crippen LogP contribution in [0.2, 0.25) is 0 Å². The van der Waals surface area contributed by atoms with Crippen LogP contribution in [0, 0.1) is 17.8 Å². The average Bonchev–Trinajstić information content (AvgIpc) is 2.77. The Morgan fingerprint density at radius 3 is 2.59 bits per heavy atom. The van der Waals surface area contributed by atoms with E-state index in [0.29, 0.717) is 18.8 Å². The average molecular weight is 413 g/mol. The van der Waals surface area contributed by atoms with E-state index in [1.54, 1.807) is 17.0 Å². The number of rotatable bonds is 5. The van der Waals surface area contributed by atoms with Crippen LogP contribution in [0.3, 0.4) is 0 Å². The van der Waals surface area contributed by atoms with Crippen molar-refractivity contribution in [2.45, 2.75) is 17.7 Å². The normalized spacial score (nSPS) is 16.6. The standard InChI is InChI=1S/C22H24N2O4S/c1-28-20-10-12-21(13-11-20)29(26,27)23-16-19-8-5-15-24(17-19)22(25)14-9-18-6-3-2-4-7-18/h2-4,6-7,10-13,19,23H,5,8,15-17H2,1H3/t19-/m0/s1. The number of nitrogens with one attached hydrogen (secondary N) is 1. The Hall–Kier alpha value is -2.82. The van der Waals surface area contributed by atoms with E-state index >= 15 is 0 Å². The zero-order chi connectivity index (χ0) is 20.7. The van der Waals surface area contributed by atoms with Gasteiger partial charge in [0.1, 0.15) is 5.75 Å². The third kappa shape index (κ3) is 5.83. The van der Waals surface area contributed by atoms with Crippen molar-refractivity contribution in [3.63, 3.8) is 0 Å². The first-order chi connectivity index (χ1) is 14.0. The van der Waals surface area contributed by atoms with Crippen LogP contribution in [0.5, 0.6) is 5.75 Å². The van der Waals surface area contributed by atoms with E-state index < -0.39 is 10.0 Å². The molecule has 0 radical (unpaired) electrons. The van der Waals surface area contributed by atoms with Gasteiger partial charge in [-0.1, -0.05) is 24.1 Å². The first-order valence-electron chi connectivity index (χ1n) is 9.47. The number of carbonyl (C=O) groups excluding carboxylic acids is 1. The van der Waals surface area contributed by atoms with Gasteiger partial charge in [-0.15, -0.1) is 0 Å². The number of methoxy groups -OCH3 is 1. The van der Waals surface area contributed by atoms with Crippen LogP contribution in [0.25, 0.3) is 0 Å². The third-order valence-corrected chi connectivity index (χ3v) is 6.27. The zero-order valence-electron chi connectivity index (χ0n) is 16.3. The molecule has 0 saturated carbocycles. The molecule has 6 nitrogen and oxygen atoms in total. The molecule has 1 aliphatic heterocycles. The number of sulfonamides is 1. The molecule has 0 spiro atoms. The summed E-state index contributed by atoms with van der Waals surface area (Å²) in [5.74, 6) is 5.99. The van der Waals surface area contributed by atoms with Gasteiger partial charge in [-0.3, -0.25) is 4.79 Å². The fourth-order valence-electron chi connectivity index (χ4n) is 3.21. The summed E-state index contributed by atoms with van der Waals surface area (Å²) in [4.78, 5) is 14.3. The summed E-state index contributed by atoms with van der Waals surface area (Å²) in [5.41, 5.74) is 0.793. The van der Waals surface area contributed by atoms with Crippen LogP contribution < -0.4 is 9.46 Å². The highest BCUT2D eigenvalue weighted by Crippen LogP contribution is 2.18. The highest BCUT2D eigenvalue weighted by atomic mass is 32.2. The van der Waals surface area contributed by atoms with Crippen molar-refractivity contribution in [3.8, 4) is 17.6 Å². The number of piperidine rings is 1. The van der Waals surface area contributed by atoms with E-state index in [4.69, 9.17) is 4.74 Å². The van der Waals surface area contributed by atoms with E-state index in [1.165, 1.54) is 19.2 Å². The van der Waals surface area contributed by atoms with Gasteiger partial charge >= 0.3 is 0 Å². The van der Waals surface area contributed by atoms with Crippen LogP contribution >= 0.6 is 0 Å². The number of hydrogen-bond acceptors (Lipinski definition) is 4. The number of nitrogens with zero attached hydrogens (tertiary/aromatic N) is 1. The Morgan fingerprint density at radius 2 is 1.90 bits per heavy atom. The Kier molecular flexibility index (Phi) is 6.91. The number of carbonyl (C=O) groups is 1. The van der Waals surface area contributed by atoms with Crippen molar-refractivity contribution in [2.24, 2.45) is 5.92 Å². The molecule has 0 unspecified atom stereocenters. The summed E-state index contributed by atoms with van der Waals surface area (Å²) >= 11 is 0. The predicted octanol–water partition coefficient (Wildman–Crippen LogP) is 2.26. The van der Waals surface area contributed by atoms with Crippen LogP contribution in [0.1, 0.15) is 18.4 Å². The summed E-state index contributed by atoms with van der Waals surface area (Å²) in [6.07, 6.45) is 1.69. The highest BCUT2D eigenvalue weighted by Gasteiger charge is 2.24. The van der Waals surface area contributed by atoms with Crippen molar-refractivity contribution in [1.29, 1.82) is 0 Å². The molecule has 1 amide bonds. The second-order valence-electron chi connectivity index (χ2n) is 6.90. The molecule has 2 aromatic carbocycles. The first-order valence-corrected chi connectivity index (χ1v) is 11.0. The smallest absolute Gasteiger partial charge is 0.298 e.